The molecule has 0 atom stereocenters. The Morgan fingerprint density at radius 2 is 1.82 bits per heavy atom. The summed E-state index contributed by atoms with van der Waals surface area (Å²) in [6.07, 6.45) is 0.459. The number of amides is 1. The Labute approximate surface area is 98.2 Å². The van der Waals surface area contributed by atoms with Gasteiger partial charge >= 0.3 is 0 Å². The van der Waals surface area contributed by atoms with E-state index in [9.17, 15) is 4.79 Å². The minimum Gasteiger partial charge on any atom is -0.453 e. The van der Waals surface area contributed by atoms with E-state index in [0.717, 1.165) is 28.4 Å². The number of fused-ring (bicyclic) bond motifs is 2. The van der Waals surface area contributed by atoms with E-state index >= 15 is 0 Å². The van der Waals surface area contributed by atoms with Crippen LogP contribution in [0, 0.1) is 0 Å². The molecule has 0 radical (unpaired) electrons. The highest BCUT2D eigenvalue weighted by atomic mass is 16.5. The normalized spacial score (nSPS) is 15.3. The third-order valence-corrected chi connectivity index (χ3v) is 3.22. The Kier molecular flexibility index (Phi) is 1.50. The molecule has 4 rings (SSSR count). The van der Waals surface area contributed by atoms with Gasteiger partial charge in [0.1, 0.15) is 0 Å². The highest BCUT2D eigenvalue weighted by Gasteiger charge is 2.36. The summed E-state index contributed by atoms with van der Waals surface area (Å²) < 4.78 is 5.82. The summed E-state index contributed by atoms with van der Waals surface area (Å²) in [5.41, 5.74) is 2.80. The fourth-order valence-corrected chi connectivity index (χ4v) is 2.51. The second-order valence-electron chi connectivity index (χ2n) is 4.24. The average Bonchev–Trinajstić information content (AvgIpc) is 2.69. The topological polar surface area (TPSA) is 29.5 Å². The number of hydrogen-bond acceptors (Lipinski definition) is 2. The first kappa shape index (κ1) is 8.82. The third kappa shape index (κ3) is 1.03. The zero-order valence-electron chi connectivity index (χ0n) is 9.01. The molecule has 0 spiro atoms. The lowest BCUT2D eigenvalue weighted by atomic mass is 10.1. The lowest BCUT2D eigenvalue weighted by molar-refractivity contribution is -0.116. The van der Waals surface area contributed by atoms with Gasteiger partial charge in [-0.2, -0.15) is 0 Å². The number of anilines is 2. The van der Waals surface area contributed by atoms with Crippen LogP contribution in [0.15, 0.2) is 42.5 Å². The Bertz CT molecular complexity index is 648. The van der Waals surface area contributed by atoms with E-state index in [1.165, 1.54) is 0 Å². The zero-order chi connectivity index (χ0) is 11.4. The summed E-state index contributed by atoms with van der Waals surface area (Å²) in [6.45, 7) is 0. The first-order valence-corrected chi connectivity index (χ1v) is 5.56. The van der Waals surface area contributed by atoms with Gasteiger partial charge in [0.05, 0.1) is 17.8 Å². The van der Waals surface area contributed by atoms with Gasteiger partial charge < -0.3 is 4.74 Å². The van der Waals surface area contributed by atoms with Crippen molar-refractivity contribution in [2.75, 3.05) is 4.90 Å². The number of ether oxygens (including phenoxy) is 1. The molecule has 0 aliphatic carbocycles. The minimum atomic E-state index is 0.114. The number of benzene rings is 2. The van der Waals surface area contributed by atoms with E-state index in [2.05, 4.69) is 0 Å². The maximum atomic E-state index is 12.1. The molecule has 17 heavy (non-hydrogen) atoms. The third-order valence-electron chi connectivity index (χ3n) is 3.22. The molecule has 1 amide bonds. The van der Waals surface area contributed by atoms with E-state index in [1.54, 1.807) is 4.90 Å². The fraction of sp³-hybridized carbons (Fsp3) is 0.0714. The summed E-state index contributed by atoms with van der Waals surface area (Å²) in [5.74, 6) is 1.63. The first-order valence-electron chi connectivity index (χ1n) is 5.56. The molecule has 0 fully saturated rings. The van der Waals surface area contributed by atoms with Crippen molar-refractivity contribution in [3.63, 3.8) is 0 Å². The van der Waals surface area contributed by atoms with E-state index in [0.29, 0.717) is 6.42 Å². The van der Waals surface area contributed by atoms with Gasteiger partial charge in [0, 0.05) is 0 Å². The van der Waals surface area contributed by atoms with Crippen LogP contribution in [0.1, 0.15) is 5.56 Å². The molecule has 2 heterocycles. The molecule has 2 aromatic rings. The van der Waals surface area contributed by atoms with Gasteiger partial charge in [-0.1, -0.05) is 24.3 Å². The summed E-state index contributed by atoms with van der Waals surface area (Å²) in [4.78, 5) is 13.8. The molecular weight excluding hydrogens is 214 g/mol. The monoisotopic (exact) mass is 223 g/mol. The predicted molar refractivity (Wildman–Crippen MR) is 63.8 cm³/mol. The first-order chi connectivity index (χ1) is 8.34. The zero-order valence-corrected chi connectivity index (χ0v) is 9.01. The Morgan fingerprint density at radius 3 is 2.76 bits per heavy atom. The molecule has 0 N–H and O–H groups in total. The minimum absolute atomic E-state index is 0.114. The molecule has 82 valence electrons. The molecule has 0 unspecified atom stereocenters. The predicted octanol–water partition coefficient (Wildman–Crippen LogP) is 3.01. The van der Waals surface area contributed by atoms with Crippen LogP contribution in [-0.4, -0.2) is 5.91 Å². The van der Waals surface area contributed by atoms with E-state index in [-0.39, 0.29) is 5.91 Å². The van der Waals surface area contributed by atoms with Gasteiger partial charge in [-0.05, 0) is 23.8 Å². The number of para-hydroxylation sites is 3. The molecule has 3 nitrogen and oxygen atoms in total. The van der Waals surface area contributed by atoms with E-state index < -0.39 is 0 Å². The van der Waals surface area contributed by atoms with Crippen molar-refractivity contribution in [2.24, 2.45) is 0 Å². The van der Waals surface area contributed by atoms with Crippen LogP contribution in [0.25, 0.3) is 0 Å². The van der Waals surface area contributed by atoms with Crippen molar-refractivity contribution in [1.82, 2.24) is 0 Å². The van der Waals surface area contributed by atoms with Gasteiger partial charge in [0.25, 0.3) is 0 Å². The molecule has 2 aromatic carbocycles. The summed E-state index contributed by atoms with van der Waals surface area (Å²) >= 11 is 0. The second-order valence-corrected chi connectivity index (χ2v) is 4.24. The number of rotatable bonds is 0. The van der Waals surface area contributed by atoms with Gasteiger partial charge in [0.15, 0.2) is 11.5 Å². The van der Waals surface area contributed by atoms with Crippen LogP contribution in [0.3, 0.4) is 0 Å². The molecule has 0 bridgehead atoms. The quantitative estimate of drug-likeness (QED) is 0.687. The Balaban J connectivity index is 2.05. The van der Waals surface area contributed by atoms with E-state index in [1.807, 2.05) is 42.5 Å². The van der Waals surface area contributed by atoms with Crippen molar-refractivity contribution in [3.8, 4) is 11.5 Å². The maximum absolute atomic E-state index is 12.1. The van der Waals surface area contributed by atoms with Crippen LogP contribution in [0.2, 0.25) is 0 Å². The second kappa shape index (κ2) is 2.88. The van der Waals surface area contributed by atoms with Crippen molar-refractivity contribution < 1.29 is 9.53 Å². The van der Waals surface area contributed by atoms with Crippen LogP contribution in [0.5, 0.6) is 11.5 Å². The highest BCUT2D eigenvalue weighted by molar-refractivity contribution is 6.10. The van der Waals surface area contributed by atoms with Crippen molar-refractivity contribution in [2.45, 2.75) is 6.42 Å². The van der Waals surface area contributed by atoms with Gasteiger partial charge in [0.2, 0.25) is 5.91 Å². The van der Waals surface area contributed by atoms with Crippen LogP contribution >= 0.6 is 0 Å². The van der Waals surface area contributed by atoms with E-state index in [4.69, 9.17) is 4.74 Å². The van der Waals surface area contributed by atoms with Gasteiger partial charge in [-0.25, -0.2) is 0 Å². The van der Waals surface area contributed by atoms with Crippen molar-refractivity contribution in [3.05, 3.63) is 48.0 Å². The van der Waals surface area contributed by atoms with Crippen LogP contribution < -0.4 is 9.64 Å². The highest BCUT2D eigenvalue weighted by Crippen LogP contribution is 2.50. The fourth-order valence-electron chi connectivity index (χ4n) is 2.51. The van der Waals surface area contributed by atoms with Crippen LogP contribution in [0.4, 0.5) is 11.4 Å². The molecule has 2 aliphatic heterocycles. The molecule has 3 heteroatoms. The summed E-state index contributed by atoms with van der Waals surface area (Å²) in [7, 11) is 0. The summed E-state index contributed by atoms with van der Waals surface area (Å²) in [6, 6.07) is 13.4. The van der Waals surface area contributed by atoms with Crippen molar-refractivity contribution >= 4 is 17.3 Å². The molecule has 2 aliphatic rings. The standard InChI is InChI=1S/C14H9NO2/c16-13-8-9-4-3-7-12-14(9)15(13)10-5-1-2-6-11(10)17-12/h1-7H,8H2. The molecule has 0 saturated carbocycles. The number of nitrogens with zero attached hydrogens (tertiary/aromatic N) is 1. The van der Waals surface area contributed by atoms with Gasteiger partial charge in [-0.15, -0.1) is 0 Å². The number of carbonyl (C=O) groups is 1. The SMILES string of the molecule is O=C1Cc2cccc3c2N1c1ccccc1O3. The van der Waals surface area contributed by atoms with Crippen molar-refractivity contribution in [1.29, 1.82) is 0 Å². The average molecular weight is 223 g/mol. The van der Waals surface area contributed by atoms with Crippen LogP contribution in [-0.2, 0) is 11.2 Å². The lowest BCUT2D eigenvalue weighted by Crippen LogP contribution is -2.23. The largest absolute Gasteiger partial charge is 0.453 e. The van der Waals surface area contributed by atoms with Gasteiger partial charge in [-0.3, -0.25) is 9.69 Å². The smallest absolute Gasteiger partial charge is 0.236 e. The molecular formula is C14H9NO2. The number of carbonyl (C=O) groups excluding carboxylic acids is 1. The summed E-state index contributed by atoms with van der Waals surface area (Å²) in [5, 5.41) is 0. The maximum Gasteiger partial charge on any atom is 0.236 e. The molecule has 0 aromatic heterocycles. The Morgan fingerprint density at radius 1 is 1.00 bits per heavy atom. The molecule has 0 saturated heterocycles. The number of hydrogen-bond donors (Lipinski definition) is 0. The lowest BCUT2D eigenvalue weighted by Gasteiger charge is -2.27. The Hall–Kier alpha value is -2.29.